The fourth-order valence-corrected chi connectivity index (χ4v) is 7.04. The van der Waals surface area contributed by atoms with Crippen LogP contribution in [0.2, 0.25) is 5.02 Å². The number of amides is 2. The number of nitrogens with zero attached hydrogens (tertiary/aromatic N) is 3. The molecule has 6 rings (SSSR count). The average molecular weight is 582 g/mol. The minimum absolute atomic E-state index is 0.0559. The molecule has 5 nitrogen and oxygen atoms in total. The molecular weight excluding hydrogens is 550 g/mol. The standard InChI is InChI=1S/C34H32ClN3O2S/c35-30-17-11-25(12-18-30)23-38-31(39)24-41-34(38)29-15-13-28(14-16-29)33(40)37-21-19-36(20-22-37)32(26-7-3-1-4-8-26)27-9-5-2-6-10-27/h1-18,32,34H,19-24H2/t34-/m1/s1. The van der Waals surface area contributed by atoms with E-state index in [0.717, 1.165) is 24.2 Å². The van der Waals surface area contributed by atoms with Crippen LogP contribution in [-0.2, 0) is 11.3 Å². The molecule has 2 aliphatic heterocycles. The fourth-order valence-electron chi connectivity index (χ4n) is 5.73. The van der Waals surface area contributed by atoms with Gasteiger partial charge in [-0.2, -0.15) is 0 Å². The molecule has 41 heavy (non-hydrogen) atoms. The van der Waals surface area contributed by atoms with Crippen LogP contribution in [0.5, 0.6) is 0 Å². The molecule has 2 heterocycles. The van der Waals surface area contributed by atoms with Crippen molar-refractivity contribution in [2.24, 2.45) is 0 Å². The molecule has 1 atom stereocenters. The number of halogens is 1. The molecule has 2 aliphatic rings. The molecule has 0 aromatic heterocycles. The summed E-state index contributed by atoms with van der Waals surface area (Å²) in [6, 6.07) is 36.8. The lowest BCUT2D eigenvalue weighted by Gasteiger charge is -2.39. The van der Waals surface area contributed by atoms with Gasteiger partial charge in [-0.15, -0.1) is 11.8 Å². The molecule has 0 spiro atoms. The summed E-state index contributed by atoms with van der Waals surface area (Å²) in [5.74, 6) is 0.633. The minimum Gasteiger partial charge on any atom is -0.336 e. The Morgan fingerprint density at radius 3 is 1.95 bits per heavy atom. The van der Waals surface area contributed by atoms with Gasteiger partial charge in [-0.3, -0.25) is 14.5 Å². The van der Waals surface area contributed by atoms with Crippen molar-refractivity contribution >= 4 is 35.2 Å². The lowest BCUT2D eigenvalue weighted by molar-refractivity contribution is -0.128. The molecule has 4 aromatic carbocycles. The van der Waals surface area contributed by atoms with Crippen LogP contribution in [0.15, 0.2) is 109 Å². The molecule has 4 aromatic rings. The fraction of sp³-hybridized carbons (Fsp3) is 0.235. The predicted octanol–water partition coefficient (Wildman–Crippen LogP) is 6.66. The van der Waals surface area contributed by atoms with Crippen molar-refractivity contribution in [3.63, 3.8) is 0 Å². The molecule has 0 bridgehead atoms. The summed E-state index contributed by atoms with van der Waals surface area (Å²) in [6.45, 7) is 3.50. The van der Waals surface area contributed by atoms with Gasteiger partial charge < -0.3 is 9.80 Å². The molecule has 0 aliphatic carbocycles. The van der Waals surface area contributed by atoms with Gasteiger partial charge in [0.25, 0.3) is 5.91 Å². The molecule has 0 radical (unpaired) electrons. The summed E-state index contributed by atoms with van der Waals surface area (Å²) in [7, 11) is 0. The quantitative estimate of drug-likeness (QED) is 0.245. The SMILES string of the molecule is O=C(c1ccc([C@H]2SCC(=O)N2Cc2ccc(Cl)cc2)cc1)N1CCN(C(c2ccccc2)c2ccccc2)CC1. The smallest absolute Gasteiger partial charge is 0.253 e. The molecule has 208 valence electrons. The van der Waals surface area contributed by atoms with Crippen molar-refractivity contribution in [3.05, 3.63) is 142 Å². The number of hydrogen-bond donors (Lipinski definition) is 0. The first kappa shape index (κ1) is 27.6. The Morgan fingerprint density at radius 1 is 0.780 bits per heavy atom. The summed E-state index contributed by atoms with van der Waals surface area (Å²) in [4.78, 5) is 32.5. The Labute approximate surface area is 250 Å². The average Bonchev–Trinajstić information content (AvgIpc) is 3.39. The van der Waals surface area contributed by atoms with Crippen molar-refractivity contribution in [2.45, 2.75) is 18.0 Å². The molecule has 0 unspecified atom stereocenters. The Morgan fingerprint density at radius 2 is 1.37 bits per heavy atom. The summed E-state index contributed by atoms with van der Waals surface area (Å²) >= 11 is 7.66. The molecule has 2 saturated heterocycles. The molecule has 0 saturated carbocycles. The lowest BCUT2D eigenvalue weighted by Crippen LogP contribution is -2.49. The van der Waals surface area contributed by atoms with E-state index in [1.165, 1.54) is 11.1 Å². The number of benzene rings is 4. The topological polar surface area (TPSA) is 43.9 Å². The molecule has 2 amide bonds. The van der Waals surface area contributed by atoms with E-state index in [-0.39, 0.29) is 23.2 Å². The van der Waals surface area contributed by atoms with Crippen LogP contribution in [0.25, 0.3) is 0 Å². The third kappa shape index (κ3) is 6.20. The number of carbonyl (C=O) groups is 2. The van der Waals surface area contributed by atoms with Crippen LogP contribution >= 0.6 is 23.4 Å². The maximum absolute atomic E-state index is 13.5. The van der Waals surface area contributed by atoms with Gasteiger partial charge in [0.05, 0.1) is 11.8 Å². The monoisotopic (exact) mass is 581 g/mol. The third-order valence-electron chi connectivity index (χ3n) is 7.87. The second-order valence-electron chi connectivity index (χ2n) is 10.5. The zero-order chi connectivity index (χ0) is 28.2. The normalized spacial score (nSPS) is 17.8. The van der Waals surface area contributed by atoms with E-state index in [4.69, 9.17) is 11.6 Å². The second-order valence-corrected chi connectivity index (χ2v) is 12.0. The number of carbonyl (C=O) groups excluding carboxylic acids is 2. The first-order valence-electron chi connectivity index (χ1n) is 14.0. The van der Waals surface area contributed by atoms with E-state index >= 15 is 0 Å². The van der Waals surface area contributed by atoms with Crippen molar-refractivity contribution < 1.29 is 9.59 Å². The summed E-state index contributed by atoms with van der Waals surface area (Å²) < 4.78 is 0. The van der Waals surface area contributed by atoms with E-state index in [0.29, 0.717) is 36.0 Å². The van der Waals surface area contributed by atoms with Crippen molar-refractivity contribution in [2.75, 3.05) is 31.9 Å². The molecule has 2 fully saturated rings. The van der Waals surface area contributed by atoms with E-state index in [9.17, 15) is 9.59 Å². The molecule has 0 N–H and O–H groups in total. The predicted molar refractivity (Wildman–Crippen MR) is 166 cm³/mol. The maximum Gasteiger partial charge on any atom is 0.253 e. The minimum atomic E-state index is -0.0706. The Bertz CT molecular complexity index is 1430. The highest BCUT2D eigenvalue weighted by Crippen LogP contribution is 2.40. The largest absolute Gasteiger partial charge is 0.336 e. The highest BCUT2D eigenvalue weighted by atomic mass is 35.5. The van der Waals surface area contributed by atoms with Crippen LogP contribution in [0.4, 0.5) is 0 Å². The van der Waals surface area contributed by atoms with Gasteiger partial charge in [-0.05, 0) is 46.5 Å². The zero-order valence-corrected chi connectivity index (χ0v) is 24.3. The van der Waals surface area contributed by atoms with Gasteiger partial charge in [-0.25, -0.2) is 0 Å². The first-order chi connectivity index (χ1) is 20.1. The van der Waals surface area contributed by atoms with Crippen LogP contribution < -0.4 is 0 Å². The van der Waals surface area contributed by atoms with E-state index in [1.54, 1.807) is 11.8 Å². The summed E-state index contributed by atoms with van der Waals surface area (Å²) in [5.41, 5.74) is 5.29. The van der Waals surface area contributed by atoms with Gasteiger partial charge in [0.2, 0.25) is 5.91 Å². The summed E-state index contributed by atoms with van der Waals surface area (Å²) in [5, 5.41) is 0.611. The van der Waals surface area contributed by atoms with Crippen molar-refractivity contribution in [1.29, 1.82) is 0 Å². The molecule has 7 heteroatoms. The van der Waals surface area contributed by atoms with E-state index in [2.05, 4.69) is 53.4 Å². The Kier molecular flexibility index (Phi) is 8.42. The van der Waals surface area contributed by atoms with Gasteiger partial charge in [0.15, 0.2) is 0 Å². The highest BCUT2D eigenvalue weighted by Gasteiger charge is 2.33. The number of piperazine rings is 1. The molecular formula is C34H32ClN3O2S. The lowest BCUT2D eigenvalue weighted by atomic mass is 9.96. The number of thioether (sulfide) groups is 1. The first-order valence-corrected chi connectivity index (χ1v) is 15.4. The maximum atomic E-state index is 13.5. The third-order valence-corrected chi connectivity index (χ3v) is 9.38. The van der Waals surface area contributed by atoms with E-state index in [1.807, 2.05) is 70.5 Å². The van der Waals surface area contributed by atoms with Crippen LogP contribution in [0.3, 0.4) is 0 Å². The van der Waals surface area contributed by atoms with Crippen LogP contribution in [0.1, 0.15) is 44.0 Å². The highest BCUT2D eigenvalue weighted by molar-refractivity contribution is 8.00. The zero-order valence-electron chi connectivity index (χ0n) is 22.7. The van der Waals surface area contributed by atoms with Crippen molar-refractivity contribution in [1.82, 2.24) is 14.7 Å². The van der Waals surface area contributed by atoms with Gasteiger partial charge in [0, 0.05) is 43.3 Å². The van der Waals surface area contributed by atoms with Gasteiger partial charge in [-0.1, -0.05) is 96.5 Å². The van der Waals surface area contributed by atoms with Gasteiger partial charge >= 0.3 is 0 Å². The van der Waals surface area contributed by atoms with E-state index < -0.39 is 0 Å². The van der Waals surface area contributed by atoms with Crippen molar-refractivity contribution in [3.8, 4) is 0 Å². The number of hydrogen-bond acceptors (Lipinski definition) is 4. The number of rotatable bonds is 7. The second kappa shape index (κ2) is 12.5. The Hall–Kier alpha value is -3.58. The van der Waals surface area contributed by atoms with Gasteiger partial charge in [0.1, 0.15) is 5.37 Å². The van der Waals surface area contributed by atoms with Crippen LogP contribution in [0, 0.1) is 0 Å². The summed E-state index contributed by atoms with van der Waals surface area (Å²) in [6.07, 6.45) is 0. The Balaban J connectivity index is 1.11. The van der Waals surface area contributed by atoms with Crippen LogP contribution in [-0.4, -0.2) is 58.4 Å².